The average Bonchev–Trinajstić information content (AvgIpc) is 4.34. The number of carbonyl (C=O) groups is 6. The van der Waals surface area contributed by atoms with E-state index in [2.05, 4.69) is 52.5 Å². The molecule has 4 aliphatic rings. The molecule has 4 aliphatic heterocycles. The fourth-order valence-electron chi connectivity index (χ4n) is 11.6. The van der Waals surface area contributed by atoms with E-state index in [1.807, 2.05) is 120 Å². The van der Waals surface area contributed by atoms with Gasteiger partial charge in [-0.3, -0.25) is 28.8 Å². The Balaban J connectivity index is 0.856. The number of rotatable bonds is 19. The Bertz CT molecular complexity index is 2810. The van der Waals surface area contributed by atoms with E-state index in [0.29, 0.717) is 75.6 Å². The second-order valence-corrected chi connectivity index (χ2v) is 21.3. The van der Waals surface area contributed by atoms with Crippen LogP contribution >= 0.6 is 0 Å². The van der Waals surface area contributed by atoms with Crippen LogP contribution in [0.3, 0.4) is 0 Å². The van der Waals surface area contributed by atoms with E-state index >= 15 is 0 Å². The molecule has 6 N–H and O–H groups in total. The lowest BCUT2D eigenvalue weighted by molar-refractivity contribution is -0.145. The fraction of sp³-hybridized carbons (Fsp3) is 0.509. The summed E-state index contributed by atoms with van der Waals surface area (Å²) >= 11 is 0. The van der Waals surface area contributed by atoms with E-state index in [-0.39, 0.29) is 78.9 Å². The zero-order valence-corrected chi connectivity index (χ0v) is 45.2. The predicted molar refractivity (Wildman–Crippen MR) is 288 cm³/mol. The van der Waals surface area contributed by atoms with Crippen molar-refractivity contribution in [2.75, 3.05) is 14.1 Å². The molecule has 0 aliphatic carbocycles. The molecule has 78 heavy (non-hydrogen) atoms. The molecule has 11 atom stereocenters. The summed E-state index contributed by atoms with van der Waals surface area (Å²) < 4.78 is 9.78. The highest BCUT2D eigenvalue weighted by atomic mass is 16.5. The van der Waals surface area contributed by atoms with Crippen LogP contribution in [0.25, 0.3) is 0 Å². The monoisotopic (exact) mass is 1070 g/mol. The molecule has 0 saturated carbocycles. The molecule has 4 fully saturated rings. The molecule has 0 radical (unpaired) electrons. The third kappa shape index (κ3) is 12.8. The van der Waals surface area contributed by atoms with Gasteiger partial charge in [-0.25, -0.2) is 9.36 Å². The maximum atomic E-state index is 14.6. The third-order valence-corrected chi connectivity index (χ3v) is 16.2. The number of aromatic nitrogens is 6. The maximum Gasteiger partial charge on any atom is 0.246 e. The number of ether oxygens (including phenoxy) is 1. The van der Waals surface area contributed by atoms with Crippen LogP contribution in [0.5, 0.6) is 0 Å². The van der Waals surface area contributed by atoms with Crippen LogP contribution in [0.1, 0.15) is 137 Å². The number of amides is 6. The summed E-state index contributed by atoms with van der Waals surface area (Å²) in [7, 11) is 3.38. The Hall–Kier alpha value is -7.36. The number of fused-ring (bicyclic) bond motifs is 2. The molecule has 0 bridgehead atoms. The first-order valence-electron chi connectivity index (χ1n) is 27.5. The van der Waals surface area contributed by atoms with Gasteiger partial charge in [-0.1, -0.05) is 101 Å². The van der Waals surface area contributed by atoms with Gasteiger partial charge in [-0.15, -0.1) is 10.2 Å². The maximum absolute atomic E-state index is 14.6. The molecular weight excluding hydrogens is 993 g/mol. The molecule has 3 aromatic carbocycles. The molecule has 6 amide bonds. The quantitative estimate of drug-likeness (QED) is 0.0691. The van der Waals surface area contributed by atoms with E-state index in [1.54, 1.807) is 37.7 Å². The van der Waals surface area contributed by atoms with Gasteiger partial charge in [-0.05, 0) is 116 Å². The van der Waals surface area contributed by atoms with E-state index in [4.69, 9.17) is 4.74 Å². The van der Waals surface area contributed by atoms with Crippen LogP contribution in [-0.2, 0) is 46.7 Å². The normalized spacial score (nSPS) is 24.6. The van der Waals surface area contributed by atoms with Crippen LogP contribution in [0.4, 0.5) is 0 Å². The number of hydrogen-bond donors (Lipinski definition) is 6. The van der Waals surface area contributed by atoms with E-state index in [0.717, 1.165) is 16.7 Å². The molecule has 21 nitrogen and oxygen atoms in total. The van der Waals surface area contributed by atoms with Crippen molar-refractivity contribution in [3.8, 4) is 0 Å². The SMILES string of the molecule is CN[C@@H](C)C(=O)N[C@H]1CC[C@H](n2cc(COCc3cn([C@H]4CC[C@H](NC(=O)[C@H](C)NC)C(=O)N5[C@H](CC[C@H]5C(=O)NC(c5ccccc5)c5ccccc5)C4)nn3)nn2)C[C@H]2CC[C@@H](C(=O)NC(C)c3ccccc3)N2C1=O. The minimum Gasteiger partial charge on any atom is -0.369 e. The lowest BCUT2D eigenvalue weighted by Gasteiger charge is -2.38. The molecule has 9 rings (SSSR count). The molecule has 414 valence electrons. The molecule has 1 unspecified atom stereocenters. The highest BCUT2D eigenvalue weighted by Crippen LogP contribution is 2.38. The van der Waals surface area contributed by atoms with Gasteiger partial charge >= 0.3 is 0 Å². The average molecular weight is 1070 g/mol. The van der Waals surface area contributed by atoms with Crippen LogP contribution in [0.15, 0.2) is 103 Å². The predicted octanol–water partition coefficient (Wildman–Crippen LogP) is 3.72. The van der Waals surface area contributed by atoms with Gasteiger partial charge in [0.15, 0.2) is 0 Å². The summed E-state index contributed by atoms with van der Waals surface area (Å²) in [5.41, 5.74) is 3.98. The van der Waals surface area contributed by atoms with Crippen molar-refractivity contribution >= 4 is 35.4 Å². The second kappa shape index (κ2) is 25.4. The first kappa shape index (κ1) is 55.4. The molecule has 6 heterocycles. The van der Waals surface area contributed by atoms with Gasteiger partial charge in [0.05, 0.1) is 61.9 Å². The second-order valence-electron chi connectivity index (χ2n) is 21.3. The standard InChI is InChI=1S/C57H74N14O7/c1-35(38-15-9-6-10-16-38)60-54(74)49-27-23-45-29-43(21-25-47(56(76)70(45)49)61-52(72)36(2)58-4)68-31-41(64-66-68)33-78-34-42-32-69(67-65-42)44-22-26-48(62-53(73)37(3)59-5)57(77)71-46(30-44)24-28-50(71)55(75)63-51(39-17-11-7-12-18-39)40-19-13-8-14-20-40/h6-20,31-32,35-37,43-51,58-59H,21-30,33-34H2,1-5H3,(H,60,74)(H,61,72)(H,62,73)(H,63,75)/t35?,36-,37-,43-,44-,45+,46+,47-,48-,49-,50-/m0/s1. The number of nitrogens with zero attached hydrogens (tertiary/aromatic N) is 8. The van der Waals surface area contributed by atoms with Crippen LogP contribution in [0.2, 0.25) is 0 Å². The van der Waals surface area contributed by atoms with Crippen molar-refractivity contribution in [3.63, 3.8) is 0 Å². The Kier molecular flexibility index (Phi) is 18.0. The lowest BCUT2D eigenvalue weighted by atomic mass is 9.94. The van der Waals surface area contributed by atoms with Crippen molar-refractivity contribution in [1.82, 2.24) is 71.7 Å². The van der Waals surface area contributed by atoms with E-state index in [9.17, 15) is 28.8 Å². The van der Waals surface area contributed by atoms with Crippen molar-refractivity contribution < 1.29 is 33.5 Å². The number of nitrogens with one attached hydrogen (secondary N) is 6. The molecule has 2 aromatic heterocycles. The number of benzene rings is 3. The Labute approximate surface area is 455 Å². The highest BCUT2D eigenvalue weighted by Gasteiger charge is 2.48. The minimum atomic E-state index is -0.861. The molecule has 0 spiro atoms. The van der Waals surface area contributed by atoms with Crippen LogP contribution < -0.4 is 31.9 Å². The Morgan fingerprint density at radius 2 is 0.936 bits per heavy atom. The summed E-state index contributed by atoms with van der Waals surface area (Å²) in [5.74, 6) is -1.62. The first-order chi connectivity index (χ1) is 37.8. The van der Waals surface area contributed by atoms with Gasteiger partial charge in [0.1, 0.15) is 35.6 Å². The number of hydrogen-bond acceptors (Lipinski definition) is 13. The van der Waals surface area contributed by atoms with E-state index in [1.165, 1.54) is 0 Å². The van der Waals surface area contributed by atoms with Gasteiger partial charge in [0.2, 0.25) is 35.4 Å². The summed E-state index contributed by atoms with van der Waals surface area (Å²) in [6, 6.07) is 23.4. The fourth-order valence-corrected chi connectivity index (χ4v) is 11.6. The summed E-state index contributed by atoms with van der Waals surface area (Å²) in [4.78, 5) is 87.3. The van der Waals surface area contributed by atoms with Crippen molar-refractivity contribution in [2.45, 2.75) is 171 Å². The van der Waals surface area contributed by atoms with Gasteiger partial charge in [-0.2, -0.15) is 0 Å². The van der Waals surface area contributed by atoms with Gasteiger partial charge < -0.3 is 46.4 Å². The number of carbonyl (C=O) groups excluding carboxylic acids is 6. The molecule has 5 aromatic rings. The smallest absolute Gasteiger partial charge is 0.246 e. The lowest BCUT2D eigenvalue weighted by Crippen LogP contribution is -2.58. The topological polar surface area (TPSA) is 252 Å². The van der Waals surface area contributed by atoms with E-state index < -0.39 is 42.3 Å². The highest BCUT2D eigenvalue weighted by molar-refractivity contribution is 5.95. The summed E-state index contributed by atoms with van der Waals surface area (Å²) in [6.45, 7) is 5.65. The van der Waals surface area contributed by atoms with Crippen molar-refractivity contribution in [1.29, 1.82) is 0 Å². The Morgan fingerprint density at radius 1 is 0.538 bits per heavy atom. The molecule has 4 saturated heterocycles. The minimum absolute atomic E-state index is 0.127. The largest absolute Gasteiger partial charge is 0.369 e. The summed E-state index contributed by atoms with van der Waals surface area (Å²) in [5, 5.41) is 36.3. The molecule has 21 heteroatoms. The zero-order chi connectivity index (χ0) is 54.9. The summed E-state index contributed by atoms with van der Waals surface area (Å²) in [6.07, 6.45) is 8.68. The van der Waals surface area contributed by atoms with Gasteiger partial charge in [0.25, 0.3) is 0 Å². The zero-order valence-electron chi connectivity index (χ0n) is 45.2. The number of likely N-dealkylation sites (N-methyl/N-ethyl adjacent to an activating group) is 2. The van der Waals surface area contributed by atoms with Crippen molar-refractivity contribution in [3.05, 3.63) is 131 Å². The van der Waals surface area contributed by atoms with Crippen molar-refractivity contribution in [2.24, 2.45) is 0 Å². The van der Waals surface area contributed by atoms with Crippen LogP contribution in [-0.4, -0.2) is 138 Å². The molecular formula is C57H74N14O7. The third-order valence-electron chi connectivity index (χ3n) is 16.2. The Morgan fingerprint density at radius 3 is 1.36 bits per heavy atom. The van der Waals surface area contributed by atoms with Crippen LogP contribution in [0, 0.1) is 0 Å². The first-order valence-corrected chi connectivity index (χ1v) is 27.5. The van der Waals surface area contributed by atoms with Gasteiger partial charge in [0, 0.05) is 12.1 Å².